The Balaban J connectivity index is 2.29. The lowest BCUT2D eigenvalue weighted by molar-refractivity contribution is 0.894. The Morgan fingerprint density at radius 1 is 1.27 bits per heavy atom. The van der Waals surface area contributed by atoms with Crippen LogP contribution in [0.15, 0.2) is 41.8 Å². The van der Waals surface area contributed by atoms with Crippen LogP contribution in [0.5, 0.6) is 0 Å². The summed E-state index contributed by atoms with van der Waals surface area (Å²) in [6, 6.07) is 12.3. The molecule has 1 aromatic carbocycles. The molecule has 2 rings (SSSR count). The Morgan fingerprint density at radius 2 is 2.13 bits per heavy atom. The minimum Gasteiger partial charge on any atom is -0.388 e. The zero-order chi connectivity index (χ0) is 10.7. The van der Waals surface area contributed by atoms with Crippen molar-refractivity contribution in [3.05, 3.63) is 52.2 Å². The van der Waals surface area contributed by atoms with Crippen molar-refractivity contribution >= 4 is 17.0 Å². The maximum atomic E-state index is 6.17. The molecule has 3 N–H and O–H groups in total. The molecular formula is C12H14N2S. The lowest BCUT2D eigenvalue weighted by Gasteiger charge is -2.11. The van der Waals surface area contributed by atoms with Gasteiger partial charge in [0.05, 0.1) is 6.04 Å². The summed E-state index contributed by atoms with van der Waals surface area (Å²) in [6.45, 7) is 0. The largest absolute Gasteiger partial charge is 0.388 e. The molecule has 2 aromatic rings. The fourth-order valence-electron chi connectivity index (χ4n) is 1.52. The summed E-state index contributed by atoms with van der Waals surface area (Å²) >= 11 is 1.69. The Labute approximate surface area is 93.7 Å². The van der Waals surface area contributed by atoms with Crippen LogP contribution in [0, 0.1) is 0 Å². The third kappa shape index (κ3) is 2.19. The van der Waals surface area contributed by atoms with Crippen LogP contribution >= 0.6 is 11.3 Å². The first kappa shape index (κ1) is 10.2. The lowest BCUT2D eigenvalue weighted by Crippen LogP contribution is -2.10. The minimum atomic E-state index is -0.0155. The topological polar surface area (TPSA) is 38.0 Å². The maximum Gasteiger partial charge on any atom is 0.0646 e. The molecule has 1 unspecified atom stereocenters. The second kappa shape index (κ2) is 4.47. The van der Waals surface area contributed by atoms with E-state index in [-0.39, 0.29) is 6.04 Å². The molecule has 78 valence electrons. The fraction of sp³-hybridized carbons (Fsp3) is 0.167. The van der Waals surface area contributed by atoms with Gasteiger partial charge >= 0.3 is 0 Å². The van der Waals surface area contributed by atoms with Gasteiger partial charge in [-0.15, -0.1) is 11.3 Å². The first-order chi connectivity index (χ1) is 7.31. The summed E-state index contributed by atoms with van der Waals surface area (Å²) in [6.07, 6.45) is 0. The quantitative estimate of drug-likeness (QED) is 0.831. The van der Waals surface area contributed by atoms with Gasteiger partial charge in [-0.1, -0.05) is 18.2 Å². The first-order valence-electron chi connectivity index (χ1n) is 4.88. The van der Waals surface area contributed by atoms with Crippen molar-refractivity contribution in [1.29, 1.82) is 0 Å². The zero-order valence-electron chi connectivity index (χ0n) is 8.60. The van der Waals surface area contributed by atoms with E-state index in [0.717, 1.165) is 11.3 Å². The first-order valence-corrected chi connectivity index (χ1v) is 5.76. The van der Waals surface area contributed by atoms with E-state index in [1.54, 1.807) is 11.3 Å². The van der Waals surface area contributed by atoms with Gasteiger partial charge < -0.3 is 11.1 Å². The van der Waals surface area contributed by atoms with Gasteiger partial charge in [0.2, 0.25) is 0 Å². The predicted molar refractivity (Wildman–Crippen MR) is 66.3 cm³/mol. The monoisotopic (exact) mass is 218 g/mol. The number of benzene rings is 1. The summed E-state index contributed by atoms with van der Waals surface area (Å²) < 4.78 is 0. The molecule has 0 aliphatic carbocycles. The predicted octanol–water partition coefficient (Wildman–Crippen LogP) is 2.84. The highest BCUT2D eigenvalue weighted by Crippen LogP contribution is 2.25. The SMILES string of the molecule is CNc1cccc(C(N)c2cccs2)c1. The van der Waals surface area contributed by atoms with Crippen molar-refractivity contribution in [2.24, 2.45) is 5.73 Å². The van der Waals surface area contributed by atoms with E-state index in [2.05, 4.69) is 28.9 Å². The second-order valence-corrected chi connectivity index (χ2v) is 4.35. The molecule has 0 bridgehead atoms. The molecule has 0 fully saturated rings. The van der Waals surface area contributed by atoms with Crippen LogP contribution < -0.4 is 11.1 Å². The van der Waals surface area contributed by atoms with Gasteiger partial charge in [0.1, 0.15) is 0 Å². The second-order valence-electron chi connectivity index (χ2n) is 3.37. The van der Waals surface area contributed by atoms with Crippen LogP contribution in [0.3, 0.4) is 0 Å². The number of nitrogens with one attached hydrogen (secondary N) is 1. The van der Waals surface area contributed by atoms with Crippen LogP contribution in [-0.4, -0.2) is 7.05 Å². The van der Waals surface area contributed by atoms with Crippen molar-refractivity contribution in [2.75, 3.05) is 12.4 Å². The molecule has 0 aliphatic rings. The van der Waals surface area contributed by atoms with Crippen molar-refractivity contribution < 1.29 is 0 Å². The highest BCUT2D eigenvalue weighted by atomic mass is 32.1. The Bertz CT molecular complexity index is 423. The molecular weight excluding hydrogens is 204 g/mol. The van der Waals surface area contributed by atoms with Gasteiger partial charge in [0.15, 0.2) is 0 Å². The molecule has 0 radical (unpaired) electrons. The van der Waals surface area contributed by atoms with Crippen molar-refractivity contribution in [3.63, 3.8) is 0 Å². The van der Waals surface area contributed by atoms with Gasteiger partial charge in [-0.2, -0.15) is 0 Å². The van der Waals surface area contributed by atoms with Gasteiger partial charge in [-0.05, 0) is 29.1 Å². The molecule has 2 nitrogen and oxygen atoms in total. The number of rotatable bonds is 3. The summed E-state index contributed by atoms with van der Waals surface area (Å²) in [5.74, 6) is 0. The summed E-state index contributed by atoms with van der Waals surface area (Å²) in [5, 5.41) is 5.17. The maximum absolute atomic E-state index is 6.17. The third-order valence-corrected chi connectivity index (χ3v) is 3.34. The zero-order valence-corrected chi connectivity index (χ0v) is 9.42. The molecule has 0 saturated carbocycles. The molecule has 15 heavy (non-hydrogen) atoms. The van der Waals surface area contributed by atoms with E-state index in [1.807, 2.05) is 25.2 Å². The lowest BCUT2D eigenvalue weighted by atomic mass is 10.1. The van der Waals surface area contributed by atoms with Crippen LogP contribution in [0.25, 0.3) is 0 Å². The van der Waals surface area contributed by atoms with Crippen LogP contribution in [0.4, 0.5) is 5.69 Å². The van der Waals surface area contributed by atoms with E-state index in [9.17, 15) is 0 Å². The van der Waals surface area contributed by atoms with E-state index in [0.29, 0.717) is 0 Å². The van der Waals surface area contributed by atoms with Gasteiger partial charge in [-0.3, -0.25) is 0 Å². The Morgan fingerprint density at radius 3 is 2.80 bits per heavy atom. The van der Waals surface area contributed by atoms with E-state index in [1.165, 1.54) is 4.88 Å². The summed E-state index contributed by atoms with van der Waals surface area (Å²) in [5.41, 5.74) is 8.41. The summed E-state index contributed by atoms with van der Waals surface area (Å²) in [4.78, 5) is 1.20. The van der Waals surface area contributed by atoms with Crippen LogP contribution in [0.2, 0.25) is 0 Å². The van der Waals surface area contributed by atoms with Gasteiger partial charge in [-0.25, -0.2) is 0 Å². The Hall–Kier alpha value is -1.32. The van der Waals surface area contributed by atoms with Crippen molar-refractivity contribution in [1.82, 2.24) is 0 Å². The standard InChI is InChI=1S/C12H14N2S/c1-14-10-5-2-4-9(8-10)12(13)11-6-3-7-15-11/h2-8,12,14H,13H2,1H3. The molecule has 0 saturated heterocycles. The number of hydrogen-bond acceptors (Lipinski definition) is 3. The highest BCUT2D eigenvalue weighted by molar-refractivity contribution is 7.10. The Kier molecular flexibility index (Phi) is 3.04. The van der Waals surface area contributed by atoms with E-state index < -0.39 is 0 Å². The molecule has 1 atom stereocenters. The smallest absolute Gasteiger partial charge is 0.0646 e. The fourth-order valence-corrected chi connectivity index (χ4v) is 2.27. The van der Waals surface area contributed by atoms with Gasteiger partial charge in [0.25, 0.3) is 0 Å². The van der Waals surface area contributed by atoms with Gasteiger partial charge in [0, 0.05) is 17.6 Å². The molecule has 0 spiro atoms. The minimum absolute atomic E-state index is 0.0155. The van der Waals surface area contributed by atoms with Crippen LogP contribution in [-0.2, 0) is 0 Å². The number of thiophene rings is 1. The molecule has 3 heteroatoms. The van der Waals surface area contributed by atoms with Crippen molar-refractivity contribution in [2.45, 2.75) is 6.04 Å². The summed E-state index contributed by atoms with van der Waals surface area (Å²) in [7, 11) is 1.91. The molecule has 1 aromatic heterocycles. The third-order valence-electron chi connectivity index (χ3n) is 2.38. The van der Waals surface area contributed by atoms with E-state index in [4.69, 9.17) is 5.73 Å². The molecule has 0 aliphatic heterocycles. The average Bonchev–Trinajstić information content (AvgIpc) is 2.81. The number of nitrogens with two attached hydrogens (primary N) is 1. The van der Waals surface area contributed by atoms with Crippen molar-refractivity contribution in [3.8, 4) is 0 Å². The number of hydrogen-bond donors (Lipinski definition) is 2. The average molecular weight is 218 g/mol. The normalized spacial score (nSPS) is 12.4. The number of anilines is 1. The van der Waals surface area contributed by atoms with E-state index >= 15 is 0 Å². The highest BCUT2D eigenvalue weighted by Gasteiger charge is 2.09. The van der Waals surface area contributed by atoms with Crippen LogP contribution in [0.1, 0.15) is 16.5 Å². The molecule has 1 heterocycles. The molecule has 0 amide bonds.